The van der Waals surface area contributed by atoms with Crippen molar-refractivity contribution in [2.45, 2.75) is 305 Å². The number of hydrogen-bond acceptors (Lipinski definition) is 8. The van der Waals surface area contributed by atoms with Crippen LogP contribution in [0.4, 0.5) is 0 Å². The first-order valence-corrected chi connectivity index (χ1v) is 32.7. The van der Waals surface area contributed by atoms with Crippen LogP contribution in [-0.2, 0) is 25.7 Å². The SMILES string of the molecule is CCC[C@@]1(C)CCc2cc(O)c3c(c2O1)[C@@H]1CC[C@H]3C1.CCC[C@@]1(C)CCc2cc(O)c3c(c2O1)[C@H]1CC[C@@H]3C1.CCC[C@]1(C)CCc2cc(O)c3c(c2O1)[C@@H]1CC[C@H]3C1.CCC[C@]1(C)CCc2cc(O)c3c(c2O1)[C@H]1CC[C@@H]3C1. The number of ether oxygens (including phenoxy) is 4. The van der Waals surface area contributed by atoms with Crippen molar-refractivity contribution in [3.05, 3.63) is 91.0 Å². The Labute approximate surface area is 479 Å². The van der Waals surface area contributed by atoms with Crippen LogP contribution in [0.3, 0.4) is 0 Å². The lowest BCUT2D eigenvalue weighted by molar-refractivity contribution is 0.0534. The number of aryl methyl sites for hydroxylation is 4. The Morgan fingerprint density at radius 2 is 0.512 bits per heavy atom. The van der Waals surface area contributed by atoms with Crippen LogP contribution in [-0.4, -0.2) is 42.8 Å². The van der Waals surface area contributed by atoms with Gasteiger partial charge in [-0.1, -0.05) is 53.4 Å². The van der Waals surface area contributed by atoms with Crippen molar-refractivity contribution in [3.63, 3.8) is 0 Å². The summed E-state index contributed by atoms with van der Waals surface area (Å²) in [6, 6.07) is 7.95. The van der Waals surface area contributed by atoms with Crippen LogP contribution in [0, 0.1) is 0 Å². The van der Waals surface area contributed by atoms with Gasteiger partial charge in [-0.2, -0.15) is 0 Å². The molecule has 80 heavy (non-hydrogen) atoms. The van der Waals surface area contributed by atoms with Crippen molar-refractivity contribution in [1.29, 1.82) is 0 Å². The van der Waals surface area contributed by atoms with Gasteiger partial charge in [0, 0.05) is 44.5 Å². The number of benzene rings is 4. The van der Waals surface area contributed by atoms with Crippen LogP contribution in [0.15, 0.2) is 24.3 Å². The van der Waals surface area contributed by atoms with E-state index >= 15 is 0 Å². The minimum Gasteiger partial charge on any atom is -0.508 e. The number of rotatable bonds is 8. The Morgan fingerprint density at radius 1 is 0.325 bits per heavy atom. The zero-order valence-electron chi connectivity index (χ0n) is 50.1. The molecule has 4 saturated carbocycles. The van der Waals surface area contributed by atoms with Gasteiger partial charge in [-0.25, -0.2) is 0 Å². The molecule has 432 valence electrons. The summed E-state index contributed by atoms with van der Waals surface area (Å²) in [5, 5.41) is 41.5. The molecule has 0 amide bonds. The number of aromatic hydroxyl groups is 4. The summed E-state index contributed by atoms with van der Waals surface area (Å²) >= 11 is 0. The second-order valence-corrected chi connectivity index (χ2v) is 28.9. The summed E-state index contributed by atoms with van der Waals surface area (Å²) < 4.78 is 26.0. The van der Waals surface area contributed by atoms with E-state index in [4.69, 9.17) is 18.9 Å². The molecule has 8 heteroatoms. The maximum absolute atomic E-state index is 10.4. The molecule has 4 aliphatic heterocycles. The average molecular weight is 1090 g/mol. The molecule has 4 heterocycles. The van der Waals surface area contributed by atoms with Crippen molar-refractivity contribution in [3.8, 4) is 46.0 Å². The van der Waals surface area contributed by atoms with Crippen LogP contribution >= 0.6 is 0 Å². The molecule has 4 aromatic rings. The van der Waals surface area contributed by atoms with Gasteiger partial charge in [0.05, 0.1) is 0 Å². The molecule has 16 rings (SSSR count). The van der Waals surface area contributed by atoms with Gasteiger partial charge in [-0.05, 0) is 276 Å². The molecule has 8 aliphatic carbocycles. The van der Waals surface area contributed by atoms with E-state index in [1.165, 1.54) is 144 Å². The summed E-state index contributed by atoms with van der Waals surface area (Å²) in [6.45, 7) is 17.9. The van der Waals surface area contributed by atoms with E-state index in [1.54, 1.807) is 0 Å². The first-order valence-electron chi connectivity index (χ1n) is 32.7. The third-order valence-electron chi connectivity index (χ3n) is 22.9. The molecule has 12 atom stereocenters. The minimum atomic E-state index is -0.00563. The molecule has 8 nitrogen and oxygen atoms in total. The largest absolute Gasteiger partial charge is 0.508 e. The van der Waals surface area contributed by atoms with Crippen LogP contribution in [0.25, 0.3) is 0 Å². The fourth-order valence-corrected chi connectivity index (χ4v) is 19.2. The smallest absolute Gasteiger partial charge is 0.127 e. The fourth-order valence-electron chi connectivity index (χ4n) is 19.2. The Kier molecular flexibility index (Phi) is 14.0. The molecule has 0 spiro atoms. The van der Waals surface area contributed by atoms with Crippen molar-refractivity contribution in [2.75, 3.05) is 0 Å². The molecular weight excluding hydrogens is 993 g/mol. The van der Waals surface area contributed by atoms with E-state index in [9.17, 15) is 20.4 Å². The Morgan fingerprint density at radius 3 is 0.700 bits per heavy atom. The van der Waals surface area contributed by atoms with Gasteiger partial charge in [0.25, 0.3) is 0 Å². The Hall–Kier alpha value is -4.72. The molecule has 8 bridgehead atoms. The van der Waals surface area contributed by atoms with E-state index in [-0.39, 0.29) is 22.4 Å². The number of fused-ring (bicyclic) bond motifs is 28. The zero-order valence-corrected chi connectivity index (χ0v) is 50.1. The maximum atomic E-state index is 10.4. The average Bonchev–Trinajstić information content (AvgIpc) is 4.50. The number of phenolic OH excluding ortho intramolecular Hbond substituents is 4. The van der Waals surface area contributed by atoms with Gasteiger partial charge in [-0.3, -0.25) is 0 Å². The quantitative estimate of drug-likeness (QED) is 0.138. The predicted molar refractivity (Wildman–Crippen MR) is 319 cm³/mol. The highest BCUT2D eigenvalue weighted by molar-refractivity contribution is 5.64. The molecular formula is C72H96O8. The summed E-state index contributed by atoms with van der Waals surface area (Å²) in [5.41, 5.74) is 15.3. The second kappa shape index (κ2) is 20.6. The van der Waals surface area contributed by atoms with Crippen molar-refractivity contribution in [1.82, 2.24) is 0 Å². The maximum Gasteiger partial charge on any atom is 0.127 e. The van der Waals surface area contributed by atoms with E-state index in [1.807, 2.05) is 24.3 Å². The fraction of sp³-hybridized carbons (Fsp3) is 0.667. The molecule has 4 aromatic carbocycles. The van der Waals surface area contributed by atoms with Crippen LogP contribution < -0.4 is 18.9 Å². The van der Waals surface area contributed by atoms with E-state index in [0.29, 0.717) is 70.3 Å². The summed E-state index contributed by atoms with van der Waals surface area (Å²) in [4.78, 5) is 0. The van der Waals surface area contributed by atoms with Gasteiger partial charge >= 0.3 is 0 Å². The summed E-state index contributed by atoms with van der Waals surface area (Å²) in [6.07, 6.45) is 32.6. The van der Waals surface area contributed by atoms with Crippen molar-refractivity contribution >= 4 is 0 Å². The number of phenols is 4. The monoisotopic (exact) mass is 1090 g/mol. The van der Waals surface area contributed by atoms with Crippen molar-refractivity contribution < 1.29 is 39.4 Å². The lowest BCUT2D eigenvalue weighted by atomic mass is 9.83. The lowest BCUT2D eigenvalue weighted by Crippen LogP contribution is -2.36. The van der Waals surface area contributed by atoms with Gasteiger partial charge in [0.1, 0.15) is 68.4 Å². The third kappa shape index (κ3) is 9.26. The summed E-state index contributed by atoms with van der Waals surface area (Å²) in [5.74, 6) is 11.6. The highest BCUT2D eigenvalue weighted by Crippen LogP contribution is 2.65. The first kappa shape index (κ1) is 54.5. The predicted octanol–water partition coefficient (Wildman–Crippen LogP) is 18.6. The molecule has 4 fully saturated rings. The van der Waals surface area contributed by atoms with Crippen molar-refractivity contribution in [2.24, 2.45) is 0 Å². The molecule has 0 saturated heterocycles. The molecule has 4 N–H and O–H groups in total. The van der Waals surface area contributed by atoms with Gasteiger partial charge < -0.3 is 39.4 Å². The first-order chi connectivity index (χ1) is 38.4. The van der Waals surface area contributed by atoms with Gasteiger partial charge in [0.2, 0.25) is 0 Å². The van der Waals surface area contributed by atoms with Crippen LogP contribution in [0.1, 0.15) is 324 Å². The van der Waals surface area contributed by atoms with E-state index in [2.05, 4.69) is 55.4 Å². The molecule has 0 aromatic heterocycles. The second-order valence-electron chi connectivity index (χ2n) is 28.9. The zero-order chi connectivity index (χ0) is 55.6. The van der Waals surface area contributed by atoms with Crippen LogP contribution in [0.2, 0.25) is 0 Å². The molecule has 12 aliphatic rings. The summed E-state index contributed by atoms with van der Waals surface area (Å²) in [7, 11) is 0. The van der Waals surface area contributed by atoms with Gasteiger partial charge in [0.15, 0.2) is 0 Å². The molecule has 0 unspecified atom stereocenters. The molecule has 0 radical (unpaired) electrons. The van der Waals surface area contributed by atoms with E-state index < -0.39 is 0 Å². The number of hydrogen-bond donors (Lipinski definition) is 4. The third-order valence-corrected chi connectivity index (χ3v) is 22.9. The van der Waals surface area contributed by atoms with Crippen LogP contribution in [0.5, 0.6) is 46.0 Å². The Balaban J connectivity index is 0.000000101. The standard InChI is InChI=1S/4C18H24O2/c4*1-3-7-18(2)8-6-13-10-14(19)15-11-4-5-12(9-11)16(15)17(13)20-18/h4*10-12,19H,3-9H2,1-2H3/t2*11-,12+,18+;2*11-,12+,18-/m1010/s1. The van der Waals surface area contributed by atoms with Gasteiger partial charge in [-0.15, -0.1) is 0 Å². The highest BCUT2D eigenvalue weighted by atomic mass is 16.5. The van der Waals surface area contributed by atoms with E-state index in [0.717, 1.165) is 126 Å². The topological polar surface area (TPSA) is 118 Å². The Bertz CT molecular complexity index is 2660. The highest BCUT2D eigenvalue weighted by Gasteiger charge is 2.49. The lowest BCUT2D eigenvalue weighted by Gasteiger charge is -2.38. The minimum absolute atomic E-state index is 0.00563. The normalized spacial score (nSPS) is 33.7.